The first-order valence-corrected chi connectivity index (χ1v) is 10.0. The Bertz CT molecular complexity index is 1330. The molecule has 4 rings (SSSR count). The van der Waals surface area contributed by atoms with Crippen LogP contribution in [-0.4, -0.2) is 41.8 Å². The lowest BCUT2D eigenvalue weighted by molar-refractivity contribution is -0.384. The van der Waals surface area contributed by atoms with Crippen LogP contribution in [0.15, 0.2) is 42.7 Å². The lowest BCUT2D eigenvalue weighted by Gasteiger charge is -2.07. The average molecular weight is 435 g/mol. The summed E-state index contributed by atoms with van der Waals surface area (Å²) >= 11 is 0. The van der Waals surface area contributed by atoms with Gasteiger partial charge in [0.05, 0.1) is 29.5 Å². The number of amides is 1. The van der Waals surface area contributed by atoms with Crippen molar-refractivity contribution < 1.29 is 14.5 Å². The van der Waals surface area contributed by atoms with Crippen LogP contribution in [0.25, 0.3) is 16.9 Å². The summed E-state index contributed by atoms with van der Waals surface area (Å²) in [4.78, 5) is 28.0. The monoisotopic (exact) mass is 435 g/mol. The Morgan fingerprint density at radius 2 is 2.06 bits per heavy atom. The Morgan fingerprint density at radius 3 is 2.75 bits per heavy atom. The molecule has 3 heterocycles. The molecule has 0 unspecified atom stereocenters. The Hall–Kier alpha value is -4.28. The fourth-order valence-corrected chi connectivity index (χ4v) is 3.44. The summed E-state index contributed by atoms with van der Waals surface area (Å²) in [6.07, 6.45) is 3.38. The molecule has 11 nitrogen and oxygen atoms in total. The van der Waals surface area contributed by atoms with E-state index in [0.29, 0.717) is 18.0 Å². The molecular formula is C21H21N7O4. The molecule has 0 saturated carbocycles. The van der Waals surface area contributed by atoms with Crippen molar-refractivity contribution in [2.24, 2.45) is 0 Å². The maximum Gasteiger partial charge on any atom is 0.296 e. The molecule has 1 aromatic carbocycles. The topological polar surface area (TPSA) is 129 Å². The highest BCUT2D eigenvalue weighted by molar-refractivity contribution is 6.04. The second kappa shape index (κ2) is 8.46. The Morgan fingerprint density at radius 1 is 1.25 bits per heavy atom. The highest BCUT2D eigenvalue weighted by atomic mass is 16.6. The van der Waals surface area contributed by atoms with Crippen molar-refractivity contribution in [3.63, 3.8) is 0 Å². The van der Waals surface area contributed by atoms with Gasteiger partial charge in [-0.3, -0.25) is 19.6 Å². The summed E-state index contributed by atoms with van der Waals surface area (Å²) in [6, 6.07) is 7.59. The van der Waals surface area contributed by atoms with Gasteiger partial charge < -0.3 is 10.1 Å². The molecule has 164 valence electrons. The van der Waals surface area contributed by atoms with E-state index in [1.807, 2.05) is 18.5 Å². The third kappa shape index (κ3) is 3.75. The quantitative estimate of drug-likeness (QED) is 0.347. The molecule has 0 aliphatic rings. The minimum absolute atomic E-state index is 0.0498. The molecule has 0 fully saturated rings. The van der Waals surface area contributed by atoms with Gasteiger partial charge in [0.25, 0.3) is 11.6 Å². The molecule has 0 aliphatic carbocycles. The number of nitro groups is 1. The predicted octanol–water partition coefficient (Wildman–Crippen LogP) is 3.48. The second-order valence-corrected chi connectivity index (χ2v) is 6.91. The van der Waals surface area contributed by atoms with Crippen molar-refractivity contribution in [3.05, 3.63) is 64.2 Å². The van der Waals surface area contributed by atoms with Crippen LogP contribution in [-0.2, 0) is 6.54 Å². The van der Waals surface area contributed by atoms with Crippen LogP contribution < -0.4 is 10.1 Å². The van der Waals surface area contributed by atoms with Crippen LogP contribution in [0.5, 0.6) is 5.75 Å². The molecule has 3 aromatic heterocycles. The van der Waals surface area contributed by atoms with Gasteiger partial charge in [-0.2, -0.15) is 10.2 Å². The fraction of sp³-hybridized carbons (Fsp3) is 0.238. The minimum atomic E-state index is -0.588. The van der Waals surface area contributed by atoms with Crippen molar-refractivity contribution in [2.75, 3.05) is 11.9 Å². The van der Waals surface area contributed by atoms with Gasteiger partial charge in [0.2, 0.25) is 0 Å². The Kier molecular flexibility index (Phi) is 5.54. The van der Waals surface area contributed by atoms with Gasteiger partial charge in [0.1, 0.15) is 11.4 Å². The van der Waals surface area contributed by atoms with Crippen LogP contribution in [0.3, 0.4) is 0 Å². The molecule has 0 bridgehead atoms. The van der Waals surface area contributed by atoms with E-state index in [1.165, 1.54) is 18.2 Å². The predicted molar refractivity (Wildman–Crippen MR) is 117 cm³/mol. The highest BCUT2D eigenvalue weighted by Crippen LogP contribution is 2.30. The molecule has 1 amide bonds. The number of hydrogen-bond acceptors (Lipinski definition) is 7. The van der Waals surface area contributed by atoms with Crippen LogP contribution in [0.2, 0.25) is 0 Å². The summed E-state index contributed by atoms with van der Waals surface area (Å²) in [5.41, 5.74) is 2.90. The number of nitro benzene ring substituents is 1. The fourth-order valence-electron chi connectivity index (χ4n) is 3.44. The molecule has 4 aromatic rings. The van der Waals surface area contributed by atoms with Gasteiger partial charge in [-0.05, 0) is 39.0 Å². The van der Waals surface area contributed by atoms with E-state index < -0.39 is 10.8 Å². The summed E-state index contributed by atoms with van der Waals surface area (Å²) in [5.74, 6) is -0.239. The number of fused-ring (bicyclic) bond motifs is 1. The number of benzene rings is 1. The molecule has 32 heavy (non-hydrogen) atoms. The Balaban J connectivity index is 1.68. The standard InChI is InChI=1S/C21H21N7O4/c1-4-26-13(3)15(12-23-26)18-8-9-22-20-11-17(25-27(18)20)21(29)24-16-7-6-14(32-5-2)10-19(16)28(30)31/h6-12H,4-5H2,1-3H3,(H,24,29). The number of aryl methyl sites for hydroxylation is 1. The maximum atomic E-state index is 12.8. The van der Waals surface area contributed by atoms with Gasteiger partial charge in [0, 0.05) is 30.1 Å². The zero-order valence-electron chi connectivity index (χ0n) is 17.8. The number of rotatable bonds is 7. The van der Waals surface area contributed by atoms with Crippen LogP contribution in [0.4, 0.5) is 11.4 Å². The largest absolute Gasteiger partial charge is 0.494 e. The molecular weight excluding hydrogens is 414 g/mol. The van der Waals surface area contributed by atoms with Crippen LogP contribution >= 0.6 is 0 Å². The average Bonchev–Trinajstić information content (AvgIpc) is 3.38. The molecule has 11 heteroatoms. The molecule has 0 saturated heterocycles. The smallest absolute Gasteiger partial charge is 0.296 e. The Labute approximate surface area is 182 Å². The lowest BCUT2D eigenvalue weighted by atomic mass is 10.2. The molecule has 0 radical (unpaired) electrons. The van der Waals surface area contributed by atoms with E-state index in [1.54, 1.807) is 36.0 Å². The second-order valence-electron chi connectivity index (χ2n) is 6.91. The van der Waals surface area contributed by atoms with Crippen molar-refractivity contribution in [1.82, 2.24) is 24.4 Å². The van der Waals surface area contributed by atoms with Gasteiger partial charge in [-0.1, -0.05) is 0 Å². The summed E-state index contributed by atoms with van der Waals surface area (Å²) in [7, 11) is 0. The molecule has 0 aliphatic heterocycles. The van der Waals surface area contributed by atoms with Gasteiger partial charge in [0.15, 0.2) is 11.3 Å². The first-order chi connectivity index (χ1) is 15.4. The number of nitrogens with zero attached hydrogens (tertiary/aromatic N) is 6. The van der Waals surface area contributed by atoms with Crippen molar-refractivity contribution in [1.29, 1.82) is 0 Å². The van der Waals surface area contributed by atoms with E-state index in [9.17, 15) is 14.9 Å². The van der Waals surface area contributed by atoms with Gasteiger partial charge in [-0.25, -0.2) is 9.50 Å². The number of aromatic nitrogens is 5. The SMILES string of the molecule is CCOc1ccc(NC(=O)c2cc3nccc(-c4cnn(CC)c4C)n3n2)c([N+](=O)[O-])c1. The summed E-state index contributed by atoms with van der Waals surface area (Å²) in [5, 5.41) is 22.8. The number of ether oxygens (including phenoxy) is 1. The third-order valence-electron chi connectivity index (χ3n) is 4.99. The number of hydrogen-bond donors (Lipinski definition) is 1. The zero-order valence-corrected chi connectivity index (χ0v) is 17.8. The van der Waals surface area contributed by atoms with E-state index in [2.05, 4.69) is 20.5 Å². The van der Waals surface area contributed by atoms with Crippen molar-refractivity contribution >= 4 is 22.9 Å². The zero-order chi connectivity index (χ0) is 22.8. The molecule has 0 atom stereocenters. The first kappa shape index (κ1) is 21.0. The van der Waals surface area contributed by atoms with Crippen molar-refractivity contribution in [2.45, 2.75) is 27.3 Å². The number of carbonyl (C=O) groups excluding carboxylic acids is 1. The first-order valence-electron chi connectivity index (χ1n) is 10.0. The van der Waals surface area contributed by atoms with E-state index in [-0.39, 0.29) is 17.1 Å². The number of nitrogens with one attached hydrogen (secondary N) is 1. The normalized spacial score (nSPS) is 11.0. The molecule has 1 N–H and O–H groups in total. The summed E-state index contributed by atoms with van der Waals surface area (Å²) in [6.45, 7) is 6.84. The van der Waals surface area contributed by atoms with E-state index >= 15 is 0 Å². The third-order valence-corrected chi connectivity index (χ3v) is 4.99. The van der Waals surface area contributed by atoms with E-state index in [4.69, 9.17) is 4.74 Å². The van der Waals surface area contributed by atoms with E-state index in [0.717, 1.165) is 23.5 Å². The molecule has 0 spiro atoms. The van der Waals surface area contributed by atoms with Crippen molar-refractivity contribution in [3.8, 4) is 17.0 Å². The van der Waals surface area contributed by atoms with Gasteiger partial charge >= 0.3 is 0 Å². The number of carbonyl (C=O) groups is 1. The highest BCUT2D eigenvalue weighted by Gasteiger charge is 2.21. The number of anilines is 1. The lowest BCUT2D eigenvalue weighted by Crippen LogP contribution is -2.14. The van der Waals surface area contributed by atoms with Crippen LogP contribution in [0, 0.1) is 17.0 Å². The minimum Gasteiger partial charge on any atom is -0.494 e. The maximum absolute atomic E-state index is 12.8. The van der Waals surface area contributed by atoms with Gasteiger partial charge in [-0.15, -0.1) is 0 Å². The summed E-state index contributed by atoms with van der Waals surface area (Å²) < 4.78 is 8.73. The van der Waals surface area contributed by atoms with Crippen LogP contribution in [0.1, 0.15) is 30.0 Å².